The van der Waals surface area contributed by atoms with E-state index < -0.39 is 6.16 Å². The third-order valence-corrected chi connectivity index (χ3v) is 0.737. The summed E-state index contributed by atoms with van der Waals surface area (Å²) in [5.41, 5.74) is 7.82. The number of hydrogen-bond acceptors (Lipinski definition) is 4. The lowest BCUT2D eigenvalue weighted by Crippen LogP contribution is -2.09. The van der Waals surface area contributed by atoms with Crippen molar-refractivity contribution in [3.8, 4) is 0 Å². The van der Waals surface area contributed by atoms with Crippen molar-refractivity contribution in [1.29, 1.82) is 0 Å². The molecule has 0 aliphatic rings. The van der Waals surface area contributed by atoms with E-state index in [1.807, 2.05) is 0 Å². The lowest BCUT2D eigenvalue weighted by Gasteiger charge is -2.00. The van der Waals surface area contributed by atoms with E-state index in [0.717, 1.165) is 0 Å². The maximum atomic E-state index is 10.4. The molecule has 0 aromatic heterocycles. The van der Waals surface area contributed by atoms with Crippen molar-refractivity contribution in [2.75, 3.05) is 19.8 Å². The van der Waals surface area contributed by atoms with E-state index >= 15 is 0 Å². The molecule has 62 valence electrons. The molecule has 0 atom stereocenters. The predicted octanol–water partition coefficient (Wildman–Crippen LogP) is 1.47. The molecule has 0 aromatic carbocycles. The van der Waals surface area contributed by atoms with Crippen LogP contribution in [0.3, 0.4) is 0 Å². The molecule has 6 heteroatoms. The Kier molecular flexibility index (Phi) is 5.83. The number of carbonyl (C=O) groups excluding carboxylic acids is 1. The molecule has 0 rings (SSSR count). The van der Waals surface area contributed by atoms with Gasteiger partial charge in [0.2, 0.25) is 0 Å². The Hall–Kier alpha value is -1.42. The highest BCUT2D eigenvalue weighted by Crippen LogP contribution is 1.84. The van der Waals surface area contributed by atoms with E-state index in [4.69, 9.17) is 5.53 Å². The number of carbonyl (C=O) groups is 1. The summed E-state index contributed by atoms with van der Waals surface area (Å²) in [5, 5.41) is 3.15. The van der Waals surface area contributed by atoms with Crippen LogP contribution in [-0.4, -0.2) is 25.9 Å². The van der Waals surface area contributed by atoms with Crippen molar-refractivity contribution in [2.45, 2.75) is 6.92 Å². The van der Waals surface area contributed by atoms with Gasteiger partial charge in [-0.3, -0.25) is 0 Å². The fraction of sp³-hybridized carbons (Fsp3) is 0.800. The summed E-state index contributed by atoms with van der Waals surface area (Å²) in [6.07, 6.45) is -0.736. The minimum atomic E-state index is -0.736. The van der Waals surface area contributed by atoms with Crippen LogP contribution in [0.1, 0.15) is 6.92 Å². The molecule has 0 spiro atoms. The van der Waals surface area contributed by atoms with Gasteiger partial charge >= 0.3 is 6.16 Å². The van der Waals surface area contributed by atoms with Gasteiger partial charge in [0.05, 0.1) is 13.2 Å². The van der Waals surface area contributed by atoms with E-state index in [1.54, 1.807) is 6.92 Å². The maximum Gasteiger partial charge on any atom is 0.508 e. The van der Waals surface area contributed by atoms with Crippen molar-refractivity contribution in [2.24, 2.45) is 5.11 Å². The van der Waals surface area contributed by atoms with Crippen molar-refractivity contribution in [3.05, 3.63) is 10.4 Å². The Bertz CT molecular complexity index is 164. The van der Waals surface area contributed by atoms with Gasteiger partial charge in [0, 0.05) is 4.91 Å². The molecule has 0 unspecified atom stereocenters. The quantitative estimate of drug-likeness (QED) is 0.204. The van der Waals surface area contributed by atoms with E-state index in [-0.39, 0.29) is 19.8 Å². The van der Waals surface area contributed by atoms with Crippen LogP contribution < -0.4 is 0 Å². The van der Waals surface area contributed by atoms with Gasteiger partial charge in [0.15, 0.2) is 0 Å². The van der Waals surface area contributed by atoms with Crippen LogP contribution >= 0.6 is 0 Å². The summed E-state index contributed by atoms with van der Waals surface area (Å²) in [4.78, 5) is 12.9. The number of hydrogen-bond donors (Lipinski definition) is 0. The van der Waals surface area contributed by atoms with Crippen molar-refractivity contribution < 1.29 is 14.3 Å². The molecule has 0 saturated carbocycles. The highest BCUT2D eigenvalue weighted by molar-refractivity contribution is 5.59. The topological polar surface area (TPSA) is 84.3 Å². The standard InChI is InChI=1S/C5H9N3O3/c1-2-10-5(9)11-4-3-7-8-6/h2-4H2,1H3. The Morgan fingerprint density at radius 3 is 2.91 bits per heavy atom. The second-order valence-corrected chi connectivity index (χ2v) is 1.49. The fourth-order valence-corrected chi connectivity index (χ4v) is 0.374. The van der Waals surface area contributed by atoms with Crippen LogP contribution in [0, 0.1) is 0 Å². The minimum Gasteiger partial charge on any atom is -0.435 e. The van der Waals surface area contributed by atoms with Crippen LogP contribution in [0.2, 0.25) is 0 Å². The van der Waals surface area contributed by atoms with Crippen LogP contribution in [0.25, 0.3) is 10.4 Å². The van der Waals surface area contributed by atoms with E-state index in [9.17, 15) is 4.79 Å². The SMILES string of the molecule is CCOC(=O)OCCN=[N+]=[N-]. The molecule has 11 heavy (non-hydrogen) atoms. The molecule has 0 radical (unpaired) electrons. The Labute approximate surface area is 63.7 Å². The van der Waals surface area contributed by atoms with Gasteiger partial charge in [-0.15, -0.1) is 0 Å². The second-order valence-electron chi connectivity index (χ2n) is 1.49. The molecular formula is C5H9N3O3. The zero-order chi connectivity index (χ0) is 8.53. The number of ether oxygens (including phenoxy) is 2. The first-order valence-corrected chi connectivity index (χ1v) is 3.11. The zero-order valence-corrected chi connectivity index (χ0v) is 6.19. The monoisotopic (exact) mass is 159 g/mol. The molecule has 0 aliphatic heterocycles. The normalized spacial score (nSPS) is 8.09. The number of nitrogens with zero attached hydrogens (tertiary/aromatic N) is 3. The molecule has 0 saturated heterocycles. The Balaban J connectivity index is 3.23. The highest BCUT2D eigenvalue weighted by atomic mass is 16.7. The molecule has 0 aliphatic carbocycles. The molecular weight excluding hydrogens is 150 g/mol. The first-order chi connectivity index (χ1) is 5.31. The second kappa shape index (κ2) is 6.70. The van der Waals surface area contributed by atoms with E-state index in [2.05, 4.69) is 19.5 Å². The van der Waals surface area contributed by atoms with Gasteiger partial charge in [-0.1, -0.05) is 5.11 Å². The van der Waals surface area contributed by atoms with Gasteiger partial charge in [-0.2, -0.15) is 0 Å². The van der Waals surface area contributed by atoms with Crippen molar-refractivity contribution in [3.63, 3.8) is 0 Å². The Morgan fingerprint density at radius 2 is 2.36 bits per heavy atom. The van der Waals surface area contributed by atoms with Crippen molar-refractivity contribution in [1.82, 2.24) is 0 Å². The largest absolute Gasteiger partial charge is 0.508 e. The Morgan fingerprint density at radius 1 is 1.64 bits per heavy atom. The highest BCUT2D eigenvalue weighted by Gasteiger charge is 1.98. The third kappa shape index (κ3) is 6.47. The zero-order valence-electron chi connectivity index (χ0n) is 6.19. The first kappa shape index (κ1) is 9.58. The lowest BCUT2D eigenvalue weighted by molar-refractivity contribution is 0.0613. The summed E-state index contributed by atoms with van der Waals surface area (Å²) in [6.45, 7) is 2.15. The van der Waals surface area contributed by atoms with Gasteiger partial charge in [0.1, 0.15) is 6.61 Å². The van der Waals surface area contributed by atoms with Gasteiger partial charge in [0.25, 0.3) is 0 Å². The number of rotatable bonds is 4. The van der Waals surface area contributed by atoms with Crippen LogP contribution in [0.5, 0.6) is 0 Å². The summed E-state index contributed by atoms with van der Waals surface area (Å²) in [6, 6.07) is 0. The van der Waals surface area contributed by atoms with E-state index in [1.165, 1.54) is 0 Å². The van der Waals surface area contributed by atoms with Gasteiger partial charge in [-0.25, -0.2) is 4.79 Å². The smallest absolute Gasteiger partial charge is 0.435 e. The molecule has 0 aromatic rings. The summed E-state index contributed by atoms with van der Waals surface area (Å²) in [7, 11) is 0. The minimum absolute atomic E-state index is 0.0584. The van der Waals surface area contributed by atoms with E-state index in [0.29, 0.717) is 0 Å². The molecule has 6 nitrogen and oxygen atoms in total. The summed E-state index contributed by atoms with van der Waals surface area (Å²) < 4.78 is 8.88. The van der Waals surface area contributed by atoms with Crippen LogP contribution in [0.15, 0.2) is 5.11 Å². The molecule has 0 amide bonds. The van der Waals surface area contributed by atoms with Crippen LogP contribution in [-0.2, 0) is 9.47 Å². The summed E-state index contributed by atoms with van der Waals surface area (Å²) >= 11 is 0. The predicted molar refractivity (Wildman–Crippen MR) is 37.0 cm³/mol. The molecule has 0 bridgehead atoms. The van der Waals surface area contributed by atoms with Crippen LogP contribution in [0.4, 0.5) is 4.79 Å². The maximum absolute atomic E-state index is 10.4. The molecule has 0 fully saturated rings. The summed E-state index contributed by atoms with van der Waals surface area (Å²) in [5.74, 6) is 0. The van der Waals surface area contributed by atoms with Gasteiger partial charge in [-0.05, 0) is 12.5 Å². The first-order valence-electron chi connectivity index (χ1n) is 3.11. The molecule has 0 heterocycles. The lowest BCUT2D eigenvalue weighted by atomic mass is 10.7. The fourth-order valence-electron chi connectivity index (χ4n) is 0.374. The van der Waals surface area contributed by atoms with Gasteiger partial charge < -0.3 is 9.47 Å². The molecule has 0 N–H and O–H groups in total. The third-order valence-electron chi connectivity index (χ3n) is 0.737. The average molecular weight is 159 g/mol. The number of azide groups is 1. The van der Waals surface area contributed by atoms with Crippen molar-refractivity contribution >= 4 is 6.16 Å². The average Bonchev–Trinajstić information content (AvgIpc) is 1.99.